The van der Waals surface area contributed by atoms with E-state index < -0.39 is 0 Å². The molecule has 0 aromatic rings. The average Bonchev–Trinajstić information content (AvgIpc) is 2.23. The molecular weight excluding hydrogens is 188 g/mol. The highest BCUT2D eigenvalue weighted by Crippen LogP contribution is 2.05. The molecule has 0 unspecified atom stereocenters. The van der Waals surface area contributed by atoms with Gasteiger partial charge < -0.3 is 15.0 Å². The van der Waals surface area contributed by atoms with Gasteiger partial charge in [0, 0.05) is 32.3 Å². The molecule has 0 heterocycles. The smallest absolute Gasteiger partial charge is 0.0589 e. The van der Waals surface area contributed by atoms with E-state index in [9.17, 15) is 0 Å². The van der Waals surface area contributed by atoms with Crippen molar-refractivity contribution >= 4 is 0 Å². The second-order valence-corrected chi connectivity index (χ2v) is 4.59. The van der Waals surface area contributed by atoms with E-state index in [1.807, 2.05) is 0 Å². The highest BCUT2D eigenvalue weighted by Gasteiger charge is 2.13. The van der Waals surface area contributed by atoms with Gasteiger partial charge in [-0.3, -0.25) is 0 Å². The van der Waals surface area contributed by atoms with Crippen LogP contribution in [0.4, 0.5) is 0 Å². The zero-order valence-corrected chi connectivity index (χ0v) is 11.1. The van der Waals surface area contributed by atoms with Crippen LogP contribution in [0, 0.1) is 0 Å². The van der Waals surface area contributed by atoms with E-state index in [0.29, 0.717) is 0 Å². The van der Waals surface area contributed by atoms with Crippen molar-refractivity contribution in [3.8, 4) is 0 Å². The number of ether oxygens (including phenoxy) is 1. The molecule has 15 heavy (non-hydrogen) atoms. The summed E-state index contributed by atoms with van der Waals surface area (Å²) in [4.78, 5) is 2.41. The van der Waals surface area contributed by atoms with Crippen LogP contribution in [-0.2, 0) is 4.74 Å². The van der Waals surface area contributed by atoms with Crippen LogP contribution in [-0.4, -0.2) is 50.3 Å². The molecule has 0 spiro atoms. The molecule has 0 aliphatic rings. The molecule has 3 heteroatoms. The quantitative estimate of drug-likeness (QED) is 0.635. The van der Waals surface area contributed by atoms with Crippen molar-refractivity contribution in [2.75, 3.05) is 39.9 Å². The van der Waals surface area contributed by atoms with Crippen LogP contribution in [0.3, 0.4) is 0 Å². The van der Waals surface area contributed by atoms with E-state index >= 15 is 0 Å². The fraction of sp³-hybridized carbons (Fsp3) is 1.00. The zero-order chi connectivity index (χ0) is 11.7. The van der Waals surface area contributed by atoms with E-state index in [-0.39, 0.29) is 5.54 Å². The van der Waals surface area contributed by atoms with Crippen LogP contribution in [0.15, 0.2) is 0 Å². The molecule has 0 radical (unpaired) electrons. The number of hydrogen-bond donors (Lipinski definition) is 1. The third-order valence-electron chi connectivity index (χ3n) is 2.97. The first-order valence-corrected chi connectivity index (χ1v) is 6.02. The summed E-state index contributed by atoms with van der Waals surface area (Å²) in [6, 6.07) is 0. The summed E-state index contributed by atoms with van der Waals surface area (Å²) in [6.07, 6.45) is 1.16. The van der Waals surface area contributed by atoms with Gasteiger partial charge in [0.05, 0.1) is 6.61 Å². The highest BCUT2D eigenvalue weighted by molar-refractivity contribution is 4.75. The number of nitrogens with one attached hydrogen (secondary N) is 1. The molecule has 0 saturated heterocycles. The van der Waals surface area contributed by atoms with Gasteiger partial charge in [-0.1, -0.05) is 13.8 Å². The minimum absolute atomic E-state index is 0.265. The molecule has 0 atom stereocenters. The summed E-state index contributed by atoms with van der Waals surface area (Å²) < 4.78 is 5.08. The van der Waals surface area contributed by atoms with Gasteiger partial charge >= 0.3 is 0 Å². The third kappa shape index (κ3) is 7.77. The van der Waals surface area contributed by atoms with Crippen molar-refractivity contribution in [3.05, 3.63) is 0 Å². The number of methoxy groups -OCH3 is 1. The van der Waals surface area contributed by atoms with Crippen molar-refractivity contribution in [3.63, 3.8) is 0 Å². The Kier molecular flexibility index (Phi) is 8.02. The summed E-state index contributed by atoms with van der Waals surface area (Å²) in [5.41, 5.74) is 0.265. The molecule has 0 amide bonds. The van der Waals surface area contributed by atoms with E-state index in [4.69, 9.17) is 4.74 Å². The van der Waals surface area contributed by atoms with Gasteiger partial charge in [0.25, 0.3) is 0 Å². The van der Waals surface area contributed by atoms with Crippen molar-refractivity contribution in [1.29, 1.82) is 0 Å². The topological polar surface area (TPSA) is 24.5 Å². The van der Waals surface area contributed by atoms with Gasteiger partial charge in [-0.2, -0.15) is 0 Å². The van der Waals surface area contributed by atoms with Crippen LogP contribution in [0.5, 0.6) is 0 Å². The molecule has 1 N–H and O–H groups in total. The molecule has 0 saturated carbocycles. The Morgan fingerprint density at radius 1 is 1.20 bits per heavy atom. The van der Waals surface area contributed by atoms with Crippen molar-refractivity contribution in [1.82, 2.24) is 10.2 Å². The van der Waals surface area contributed by atoms with Gasteiger partial charge in [0.1, 0.15) is 0 Å². The molecule has 0 aromatic carbocycles. The van der Waals surface area contributed by atoms with Crippen LogP contribution >= 0.6 is 0 Å². The van der Waals surface area contributed by atoms with Gasteiger partial charge in [-0.05, 0) is 26.8 Å². The lowest BCUT2D eigenvalue weighted by molar-refractivity contribution is 0.149. The first kappa shape index (κ1) is 14.9. The Bertz CT molecular complexity index is 149. The van der Waals surface area contributed by atoms with E-state index in [2.05, 4.69) is 37.9 Å². The van der Waals surface area contributed by atoms with E-state index in [1.54, 1.807) is 7.11 Å². The third-order valence-corrected chi connectivity index (χ3v) is 2.97. The Labute approximate surface area is 95.2 Å². The molecule has 0 aliphatic heterocycles. The maximum atomic E-state index is 5.08. The maximum Gasteiger partial charge on any atom is 0.0589 e. The minimum atomic E-state index is 0.265. The predicted molar refractivity (Wildman–Crippen MR) is 66.4 cm³/mol. The molecule has 0 rings (SSSR count). The number of nitrogens with zero attached hydrogens (tertiary/aromatic N) is 1. The fourth-order valence-corrected chi connectivity index (χ4v) is 1.33. The molecule has 0 bridgehead atoms. The molecular formula is C12H28N2O. The molecule has 0 fully saturated rings. The SMILES string of the molecule is CCN(CCNC(C)(C)CC)CCOC. The molecule has 92 valence electrons. The van der Waals surface area contributed by atoms with E-state index in [0.717, 1.165) is 39.2 Å². The van der Waals surface area contributed by atoms with Crippen molar-refractivity contribution < 1.29 is 4.74 Å². The molecule has 0 aliphatic carbocycles. The van der Waals surface area contributed by atoms with Crippen LogP contribution in [0.2, 0.25) is 0 Å². The van der Waals surface area contributed by atoms with Crippen molar-refractivity contribution in [2.24, 2.45) is 0 Å². The lowest BCUT2D eigenvalue weighted by atomic mass is 10.0. The minimum Gasteiger partial charge on any atom is -0.383 e. The second kappa shape index (κ2) is 8.08. The normalized spacial score (nSPS) is 12.4. The summed E-state index contributed by atoms with van der Waals surface area (Å²) in [7, 11) is 1.76. The first-order chi connectivity index (χ1) is 7.05. The largest absolute Gasteiger partial charge is 0.383 e. The summed E-state index contributed by atoms with van der Waals surface area (Å²) in [6.45, 7) is 14.0. The maximum absolute atomic E-state index is 5.08. The van der Waals surface area contributed by atoms with Gasteiger partial charge in [0.2, 0.25) is 0 Å². The summed E-state index contributed by atoms with van der Waals surface area (Å²) in [5.74, 6) is 0. The fourth-order valence-electron chi connectivity index (χ4n) is 1.33. The Balaban J connectivity index is 3.62. The Morgan fingerprint density at radius 2 is 1.87 bits per heavy atom. The molecule has 3 nitrogen and oxygen atoms in total. The second-order valence-electron chi connectivity index (χ2n) is 4.59. The standard InChI is InChI=1S/C12H28N2O/c1-6-12(3,4)13-8-9-14(7-2)10-11-15-5/h13H,6-11H2,1-5H3. The lowest BCUT2D eigenvalue weighted by Gasteiger charge is -2.27. The van der Waals surface area contributed by atoms with E-state index in [1.165, 1.54) is 0 Å². The van der Waals surface area contributed by atoms with Gasteiger partial charge in [0.15, 0.2) is 0 Å². The Hall–Kier alpha value is -0.120. The zero-order valence-electron chi connectivity index (χ0n) is 11.1. The van der Waals surface area contributed by atoms with Gasteiger partial charge in [-0.15, -0.1) is 0 Å². The van der Waals surface area contributed by atoms with Crippen LogP contribution < -0.4 is 5.32 Å². The first-order valence-electron chi connectivity index (χ1n) is 6.02. The highest BCUT2D eigenvalue weighted by atomic mass is 16.5. The average molecular weight is 216 g/mol. The summed E-state index contributed by atoms with van der Waals surface area (Å²) in [5, 5.41) is 3.57. The number of hydrogen-bond acceptors (Lipinski definition) is 3. The molecule has 0 aromatic heterocycles. The van der Waals surface area contributed by atoms with Crippen LogP contribution in [0.1, 0.15) is 34.1 Å². The number of rotatable bonds is 9. The Morgan fingerprint density at radius 3 is 2.33 bits per heavy atom. The number of likely N-dealkylation sites (N-methyl/N-ethyl adjacent to an activating group) is 1. The monoisotopic (exact) mass is 216 g/mol. The van der Waals surface area contributed by atoms with Gasteiger partial charge in [-0.25, -0.2) is 0 Å². The lowest BCUT2D eigenvalue weighted by Crippen LogP contribution is -2.43. The van der Waals surface area contributed by atoms with Crippen LogP contribution in [0.25, 0.3) is 0 Å². The summed E-state index contributed by atoms with van der Waals surface area (Å²) >= 11 is 0. The predicted octanol–water partition coefficient (Wildman–Crippen LogP) is 1.73. The van der Waals surface area contributed by atoms with Crippen molar-refractivity contribution in [2.45, 2.75) is 39.7 Å².